The third-order valence-electron chi connectivity index (χ3n) is 2.47. The summed E-state index contributed by atoms with van der Waals surface area (Å²) in [5.41, 5.74) is 0.572. The molecule has 0 aliphatic carbocycles. The molecule has 0 heterocycles. The van der Waals surface area contributed by atoms with E-state index in [1.165, 1.54) is 24.3 Å². The molecule has 2 aromatic carbocycles. The molecular formula is C14H7F2N3. The zero-order valence-corrected chi connectivity index (χ0v) is 9.61. The lowest BCUT2D eigenvalue weighted by Crippen LogP contribution is -1.96. The Balaban J connectivity index is 2.30. The van der Waals surface area contributed by atoms with Crippen molar-refractivity contribution in [1.29, 1.82) is 10.5 Å². The van der Waals surface area contributed by atoms with Gasteiger partial charge in [-0.1, -0.05) is 0 Å². The smallest absolute Gasteiger partial charge is 0.147 e. The molecule has 3 nitrogen and oxygen atoms in total. The van der Waals surface area contributed by atoms with Gasteiger partial charge in [-0.05, 0) is 36.4 Å². The van der Waals surface area contributed by atoms with Crippen molar-refractivity contribution in [3.05, 3.63) is 59.2 Å². The lowest BCUT2D eigenvalue weighted by Gasteiger charge is -2.08. The van der Waals surface area contributed by atoms with Crippen LogP contribution in [0, 0.1) is 34.3 Å². The molecule has 0 saturated carbocycles. The van der Waals surface area contributed by atoms with Crippen molar-refractivity contribution in [3.8, 4) is 12.1 Å². The molecule has 0 bridgehead atoms. The van der Waals surface area contributed by atoms with Crippen LogP contribution in [0.3, 0.4) is 0 Å². The lowest BCUT2D eigenvalue weighted by molar-refractivity contribution is 0.623. The predicted octanol–water partition coefficient (Wildman–Crippen LogP) is 3.45. The van der Waals surface area contributed by atoms with Gasteiger partial charge < -0.3 is 5.32 Å². The number of hydrogen-bond acceptors (Lipinski definition) is 3. The number of nitrogens with zero attached hydrogens (tertiary/aromatic N) is 2. The second kappa shape index (κ2) is 5.16. The molecule has 1 N–H and O–H groups in total. The van der Waals surface area contributed by atoms with Gasteiger partial charge in [-0.3, -0.25) is 0 Å². The Bertz CT molecular complexity index is 712. The third-order valence-corrected chi connectivity index (χ3v) is 2.47. The van der Waals surface area contributed by atoms with Gasteiger partial charge in [0.15, 0.2) is 0 Å². The zero-order valence-electron chi connectivity index (χ0n) is 9.61. The molecule has 0 radical (unpaired) electrons. The Morgan fingerprint density at radius 3 is 2.26 bits per heavy atom. The molecule has 0 atom stereocenters. The summed E-state index contributed by atoms with van der Waals surface area (Å²) in [6.07, 6.45) is 0. The van der Waals surface area contributed by atoms with Crippen LogP contribution < -0.4 is 5.32 Å². The summed E-state index contributed by atoms with van der Waals surface area (Å²) in [5.74, 6) is -1.29. The van der Waals surface area contributed by atoms with Gasteiger partial charge in [0.2, 0.25) is 0 Å². The van der Waals surface area contributed by atoms with Gasteiger partial charge in [-0.15, -0.1) is 0 Å². The van der Waals surface area contributed by atoms with E-state index in [4.69, 9.17) is 10.5 Å². The van der Waals surface area contributed by atoms with Gasteiger partial charge >= 0.3 is 0 Å². The third kappa shape index (κ3) is 2.67. The Kier molecular flexibility index (Phi) is 3.40. The highest BCUT2D eigenvalue weighted by atomic mass is 19.1. The summed E-state index contributed by atoms with van der Waals surface area (Å²) < 4.78 is 27.0. The Labute approximate surface area is 108 Å². The first-order chi connectivity index (χ1) is 9.13. The molecular weight excluding hydrogens is 248 g/mol. The van der Waals surface area contributed by atoms with Crippen LogP contribution in [0.25, 0.3) is 0 Å². The van der Waals surface area contributed by atoms with E-state index in [0.29, 0.717) is 5.69 Å². The Morgan fingerprint density at radius 1 is 0.895 bits per heavy atom. The van der Waals surface area contributed by atoms with Gasteiger partial charge in [0, 0.05) is 5.69 Å². The van der Waals surface area contributed by atoms with Crippen LogP contribution in [0.1, 0.15) is 11.1 Å². The van der Waals surface area contributed by atoms with Gasteiger partial charge in [0.25, 0.3) is 0 Å². The van der Waals surface area contributed by atoms with E-state index in [2.05, 4.69) is 5.32 Å². The minimum atomic E-state index is -0.679. The number of rotatable bonds is 2. The molecule has 0 aromatic heterocycles. The standard InChI is InChI=1S/C14H7F2N3/c15-12-6-11(3-2-10(12)8-18)19-14-4-1-9(7-17)5-13(14)16/h1-6,19H. The molecule has 5 heteroatoms. The Hall–Kier alpha value is -2.92. The molecule has 0 aliphatic rings. The topological polar surface area (TPSA) is 59.6 Å². The molecule has 0 aliphatic heterocycles. The van der Waals surface area contributed by atoms with E-state index in [9.17, 15) is 8.78 Å². The van der Waals surface area contributed by atoms with Crippen LogP contribution in [-0.2, 0) is 0 Å². The zero-order chi connectivity index (χ0) is 13.8. The predicted molar refractivity (Wildman–Crippen MR) is 65.5 cm³/mol. The number of nitriles is 2. The quantitative estimate of drug-likeness (QED) is 0.894. The highest BCUT2D eigenvalue weighted by Crippen LogP contribution is 2.22. The van der Waals surface area contributed by atoms with Crippen LogP contribution in [0.2, 0.25) is 0 Å². The fourth-order valence-corrected chi connectivity index (χ4v) is 1.53. The maximum absolute atomic E-state index is 13.6. The number of benzene rings is 2. The molecule has 2 aromatic rings. The average molecular weight is 255 g/mol. The first-order valence-corrected chi connectivity index (χ1v) is 5.30. The second-order valence-corrected chi connectivity index (χ2v) is 3.74. The Morgan fingerprint density at radius 2 is 1.68 bits per heavy atom. The highest BCUT2D eigenvalue weighted by Gasteiger charge is 2.06. The van der Waals surface area contributed by atoms with E-state index in [1.807, 2.05) is 6.07 Å². The number of nitrogens with one attached hydrogen (secondary N) is 1. The molecule has 0 amide bonds. The molecule has 92 valence electrons. The molecule has 0 unspecified atom stereocenters. The van der Waals surface area contributed by atoms with Gasteiger partial charge in [-0.2, -0.15) is 10.5 Å². The summed E-state index contributed by atoms with van der Waals surface area (Å²) in [6, 6.07) is 11.3. The maximum atomic E-state index is 13.6. The summed E-state index contributed by atoms with van der Waals surface area (Å²) >= 11 is 0. The largest absolute Gasteiger partial charge is 0.353 e. The van der Waals surface area contributed by atoms with E-state index in [0.717, 1.165) is 12.1 Å². The number of halogens is 2. The van der Waals surface area contributed by atoms with Crippen molar-refractivity contribution >= 4 is 11.4 Å². The van der Waals surface area contributed by atoms with Crippen LogP contribution in [0.4, 0.5) is 20.2 Å². The minimum Gasteiger partial charge on any atom is -0.353 e. The first kappa shape index (κ1) is 12.5. The molecule has 0 saturated heterocycles. The first-order valence-electron chi connectivity index (χ1n) is 5.30. The SMILES string of the molecule is N#Cc1ccc(Nc2ccc(C#N)c(F)c2)c(F)c1. The number of anilines is 2. The van der Waals surface area contributed by atoms with Crippen LogP contribution in [-0.4, -0.2) is 0 Å². The summed E-state index contributed by atoms with van der Waals surface area (Å²) in [4.78, 5) is 0. The highest BCUT2D eigenvalue weighted by molar-refractivity contribution is 5.62. The van der Waals surface area contributed by atoms with Crippen LogP contribution in [0.5, 0.6) is 0 Å². The number of hydrogen-bond donors (Lipinski definition) is 1. The molecule has 19 heavy (non-hydrogen) atoms. The summed E-state index contributed by atoms with van der Waals surface area (Å²) in [7, 11) is 0. The lowest BCUT2D eigenvalue weighted by atomic mass is 10.2. The van der Waals surface area contributed by atoms with Crippen LogP contribution >= 0.6 is 0 Å². The van der Waals surface area contributed by atoms with Gasteiger partial charge in [0.1, 0.15) is 17.7 Å². The van der Waals surface area contributed by atoms with Gasteiger partial charge in [-0.25, -0.2) is 8.78 Å². The van der Waals surface area contributed by atoms with Crippen molar-refractivity contribution in [2.75, 3.05) is 5.32 Å². The molecule has 0 spiro atoms. The van der Waals surface area contributed by atoms with Crippen molar-refractivity contribution in [3.63, 3.8) is 0 Å². The van der Waals surface area contributed by atoms with Gasteiger partial charge in [0.05, 0.1) is 22.9 Å². The van der Waals surface area contributed by atoms with Crippen LogP contribution in [0.15, 0.2) is 36.4 Å². The fourth-order valence-electron chi connectivity index (χ4n) is 1.53. The monoisotopic (exact) mass is 255 g/mol. The normalized spacial score (nSPS) is 9.47. The van der Waals surface area contributed by atoms with E-state index >= 15 is 0 Å². The van der Waals surface area contributed by atoms with Crippen molar-refractivity contribution < 1.29 is 8.78 Å². The average Bonchev–Trinajstić information content (AvgIpc) is 2.41. The minimum absolute atomic E-state index is 0.0779. The van der Waals surface area contributed by atoms with E-state index in [-0.39, 0.29) is 16.8 Å². The summed E-state index contributed by atoms with van der Waals surface area (Å²) in [5, 5.41) is 19.9. The van der Waals surface area contributed by atoms with Crippen molar-refractivity contribution in [2.45, 2.75) is 0 Å². The second-order valence-electron chi connectivity index (χ2n) is 3.74. The summed E-state index contributed by atoms with van der Waals surface area (Å²) in [6.45, 7) is 0. The fraction of sp³-hybridized carbons (Fsp3) is 0. The maximum Gasteiger partial charge on any atom is 0.147 e. The van der Waals surface area contributed by atoms with E-state index in [1.54, 1.807) is 6.07 Å². The molecule has 0 fully saturated rings. The molecule has 2 rings (SSSR count). The van der Waals surface area contributed by atoms with Crippen molar-refractivity contribution in [1.82, 2.24) is 0 Å². The van der Waals surface area contributed by atoms with Crippen molar-refractivity contribution in [2.24, 2.45) is 0 Å². The van der Waals surface area contributed by atoms with E-state index < -0.39 is 11.6 Å².